The van der Waals surface area contributed by atoms with Crippen LogP contribution < -0.4 is 10.3 Å². The van der Waals surface area contributed by atoms with E-state index in [9.17, 15) is 9.59 Å². The SMILES string of the molecule is Cc1cc(C)cc(OCC(=O)OCCn2c(C)nc3ccccc3c2=O)c1. The number of aromatic nitrogens is 2. The number of carbonyl (C=O) groups excluding carboxylic acids is 1. The van der Waals surface area contributed by atoms with E-state index in [1.807, 2.05) is 38.1 Å². The summed E-state index contributed by atoms with van der Waals surface area (Å²) in [7, 11) is 0. The first-order valence-electron chi connectivity index (χ1n) is 8.77. The molecule has 1 heterocycles. The van der Waals surface area contributed by atoms with Crippen LogP contribution >= 0.6 is 0 Å². The number of hydrogen-bond donors (Lipinski definition) is 0. The van der Waals surface area contributed by atoms with Crippen molar-refractivity contribution in [2.45, 2.75) is 27.3 Å². The van der Waals surface area contributed by atoms with Gasteiger partial charge >= 0.3 is 5.97 Å². The number of hydrogen-bond acceptors (Lipinski definition) is 5. The molecule has 0 aliphatic heterocycles. The highest BCUT2D eigenvalue weighted by Gasteiger charge is 2.09. The molecule has 27 heavy (non-hydrogen) atoms. The summed E-state index contributed by atoms with van der Waals surface area (Å²) in [5, 5.41) is 0.549. The topological polar surface area (TPSA) is 70.4 Å². The molecule has 3 rings (SSSR count). The largest absolute Gasteiger partial charge is 0.482 e. The van der Waals surface area contributed by atoms with Crippen molar-refractivity contribution >= 4 is 16.9 Å². The van der Waals surface area contributed by atoms with Crippen LogP contribution in [0, 0.1) is 20.8 Å². The molecule has 0 atom stereocenters. The van der Waals surface area contributed by atoms with Gasteiger partial charge in [-0.15, -0.1) is 0 Å². The smallest absolute Gasteiger partial charge is 0.344 e. The van der Waals surface area contributed by atoms with E-state index in [1.165, 1.54) is 4.57 Å². The van der Waals surface area contributed by atoms with Gasteiger partial charge in [0.15, 0.2) is 6.61 Å². The molecule has 0 saturated carbocycles. The van der Waals surface area contributed by atoms with E-state index in [1.54, 1.807) is 25.1 Å². The molecule has 3 aromatic rings. The lowest BCUT2D eigenvalue weighted by molar-refractivity contribution is -0.146. The van der Waals surface area contributed by atoms with Gasteiger partial charge in [0.2, 0.25) is 0 Å². The van der Waals surface area contributed by atoms with E-state index in [0.717, 1.165) is 11.1 Å². The Hall–Kier alpha value is -3.15. The van der Waals surface area contributed by atoms with Crippen molar-refractivity contribution in [3.8, 4) is 5.75 Å². The second-order valence-corrected chi connectivity index (χ2v) is 6.47. The van der Waals surface area contributed by atoms with Gasteiger partial charge in [0.1, 0.15) is 18.2 Å². The van der Waals surface area contributed by atoms with Gasteiger partial charge in [-0.2, -0.15) is 0 Å². The van der Waals surface area contributed by atoms with Gasteiger partial charge in [-0.3, -0.25) is 9.36 Å². The normalized spacial score (nSPS) is 10.8. The average Bonchev–Trinajstić information content (AvgIpc) is 2.62. The predicted molar refractivity (Wildman–Crippen MR) is 103 cm³/mol. The number of fused-ring (bicyclic) bond motifs is 1. The van der Waals surface area contributed by atoms with Crippen LogP contribution in [0.3, 0.4) is 0 Å². The number of esters is 1. The molecule has 0 bridgehead atoms. The Morgan fingerprint density at radius 3 is 2.52 bits per heavy atom. The molecule has 2 aromatic carbocycles. The molecule has 0 spiro atoms. The number of nitrogens with zero attached hydrogens (tertiary/aromatic N) is 2. The van der Waals surface area contributed by atoms with Gasteiger partial charge in [-0.05, 0) is 56.2 Å². The molecule has 0 fully saturated rings. The summed E-state index contributed by atoms with van der Waals surface area (Å²) >= 11 is 0. The molecule has 0 unspecified atom stereocenters. The van der Waals surface area contributed by atoms with Gasteiger partial charge in [0.05, 0.1) is 17.4 Å². The summed E-state index contributed by atoms with van der Waals surface area (Å²) in [5.74, 6) is 0.741. The molecule has 0 saturated heterocycles. The van der Waals surface area contributed by atoms with Crippen LogP contribution in [0.2, 0.25) is 0 Å². The van der Waals surface area contributed by atoms with Crippen LogP contribution in [-0.4, -0.2) is 28.7 Å². The van der Waals surface area contributed by atoms with E-state index in [4.69, 9.17) is 9.47 Å². The van der Waals surface area contributed by atoms with Crippen LogP contribution in [0.1, 0.15) is 17.0 Å². The first kappa shape index (κ1) is 18.6. The minimum Gasteiger partial charge on any atom is -0.482 e. The molecule has 0 N–H and O–H groups in total. The first-order valence-corrected chi connectivity index (χ1v) is 8.77. The van der Waals surface area contributed by atoms with E-state index in [0.29, 0.717) is 22.5 Å². The highest BCUT2D eigenvalue weighted by molar-refractivity contribution is 5.77. The number of rotatable bonds is 6. The summed E-state index contributed by atoms with van der Waals surface area (Å²) in [6, 6.07) is 12.9. The summed E-state index contributed by atoms with van der Waals surface area (Å²) in [4.78, 5) is 28.9. The Balaban J connectivity index is 1.57. The van der Waals surface area contributed by atoms with Crippen LogP contribution in [0.25, 0.3) is 10.9 Å². The Labute approximate surface area is 157 Å². The molecule has 0 amide bonds. The second kappa shape index (κ2) is 8.03. The number of carbonyl (C=O) groups is 1. The minimum atomic E-state index is -0.478. The summed E-state index contributed by atoms with van der Waals surface area (Å²) in [5.41, 5.74) is 2.66. The lowest BCUT2D eigenvalue weighted by Crippen LogP contribution is -2.27. The first-order chi connectivity index (χ1) is 12.9. The van der Waals surface area contributed by atoms with Crippen molar-refractivity contribution in [3.63, 3.8) is 0 Å². The standard InChI is InChI=1S/C21H22N2O4/c1-14-10-15(2)12-17(11-14)27-13-20(24)26-9-8-23-16(3)22-19-7-5-4-6-18(19)21(23)25/h4-7,10-12H,8-9,13H2,1-3H3. The Morgan fingerprint density at radius 1 is 1.07 bits per heavy atom. The molecule has 140 valence electrons. The second-order valence-electron chi connectivity index (χ2n) is 6.47. The molecule has 0 aliphatic rings. The Kier molecular flexibility index (Phi) is 5.54. The maximum absolute atomic E-state index is 12.6. The van der Waals surface area contributed by atoms with Crippen molar-refractivity contribution in [1.29, 1.82) is 0 Å². The highest BCUT2D eigenvalue weighted by atomic mass is 16.6. The van der Waals surface area contributed by atoms with E-state index >= 15 is 0 Å². The number of benzene rings is 2. The van der Waals surface area contributed by atoms with Gasteiger partial charge < -0.3 is 9.47 Å². The molecule has 0 radical (unpaired) electrons. The fraction of sp³-hybridized carbons (Fsp3) is 0.286. The van der Waals surface area contributed by atoms with Crippen LogP contribution in [0.15, 0.2) is 47.3 Å². The third kappa shape index (κ3) is 4.53. The number of ether oxygens (including phenoxy) is 2. The number of aryl methyl sites for hydroxylation is 3. The summed E-state index contributed by atoms with van der Waals surface area (Å²) in [6.45, 7) is 5.85. The summed E-state index contributed by atoms with van der Waals surface area (Å²) in [6.07, 6.45) is 0. The Bertz CT molecular complexity index is 1020. The van der Waals surface area contributed by atoms with Crippen molar-refractivity contribution < 1.29 is 14.3 Å². The minimum absolute atomic E-state index is 0.0792. The van der Waals surface area contributed by atoms with Gasteiger partial charge in [0.25, 0.3) is 5.56 Å². The molecule has 1 aromatic heterocycles. The lowest BCUT2D eigenvalue weighted by Gasteiger charge is -2.12. The predicted octanol–water partition coefficient (Wildman–Crippen LogP) is 2.94. The monoisotopic (exact) mass is 366 g/mol. The molecule has 6 nitrogen and oxygen atoms in total. The highest BCUT2D eigenvalue weighted by Crippen LogP contribution is 2.16. The molecule has 6 heteroatoms. The summed E-state index contributed by atoms with van der Waals surface area (Å²) < 4.78 is 12.2. The van der Waals surface area contributed by atoms with E-state index in [-0.39, 0.29) is 25.3 Å². The van der Waals surface area contributed by atoms with Crippen LogP contribution in [-0.2, 0) is 16.1 Å². The fourth-order valence-corrected chi connectivity index (χ4v) is 2.99. The quantitative estimate of drug-likeness (QED) is 0.627. The van der Waals surface area contributed by atoms with Crippen molar-refractivity contribution in [3.05, 3.63) is 69.8 Å². The zero-order chi connectivity index (χ0) is 19.4. The lowest BCUT2D eigenvalue weighted by atomic mass is 10.1. The van der Waals surface area contributed by atoms with Gasteiger partial charge in [-0.1, -0.05) is 18.2 Å². The maximum Gasteiger partial charge on any atom is 0.344 e. The average molecular weight is 366 g/mol. The third-order valence-corrected chi connectivity index (χ3v) is 4.18. The zero-order valence-corrected chi connectivity index (χ0v) is 15.7. The molecular formula is C21H22N2O4. The van der Waals surface area contributed by atoms with Crippen molar-refractivity contribution in [1.82, 2.24) is 9.55 Å². The Morgan fingerprint density at radius 2 is 1.78 bits per heavy atom. The number of para-hydroxylation sites is 1. The zero-order valence-electron chi connectivity index (χ0n) is 15.7. The van der Waals surface area contributed by atoms with E-state index < -0.39 is 5.97 Å². The van der Waals surface area contributed by atoms with Gasteiger partial charge in [0, 0.05) is 0 Å². The van der Waals surface area contributed by atoms with Crippen LogP contribution in [0.5, 0.6) is 5.75 Å². The third-order valence-electron chi connectivity index (χ3n) is 4.18. The van der Waals surface area contributed by atoms with Crippen molar-refractivity contribution in [2.75, 3.05) is 13.2 Å². The molecule has 0 aliphatic carbocycles. The fourth-order valence-electron chi connectivity index (χ4n) is 2.99. The van der Waals surface area contributed by atoms with E-state index in [2.05, 4.69) is 4.98 Å². The van der Waals surface area contributed by atoms with Gasteiger partial charge in [-0.25, -0.2) is 9.78 Å². The van der Waals surface area contributed by atoms with Crippen molar-refractivity contribution in [2.24, 2.45) is 0 Å². The maximum atomic E-state index is 12.6. The van der Waals surface area contributed by atoms with Crippen LogP contribution in [0.4, 0.5) is 0 Å². The molecular weight excluding hydrogens is 344 g/mol.